The van der Waals surface area contributed by atoms with Gasteiger partial charge >= 0.3 is 0 Å². The first-order chi connectivity index (χ1) is 11.2. The number of para-hydroxylation sites is 1. The molecule has 1 aromatic carbocycles. The third kappa shape index (κ3) is 6.84. The molecule has 0 atom stereocenters. The second-order valence-electron chi connectivity index (χ2n) is 6.26. The van der Waals surface area contributed by atoms with Gasteiger partial charge in [-0.25, -0.2) is 0 Å². The van der Waals surface area contributed by atoms with Crippen LogP contribution in [0.4, 0.5) is 5.69 Å². The van der Waals surface area contributed by atoms with Crippen LogP contribution in [0.2, 0.25) is 0 Å². The Balaban J connectivity index is 0.00000288. The molecule has 1 aliphatic rings. The molecule has 6 heteroatoms. The average Bonchev–Trinajstić information content (AvgIpc) is 2.58. The van der Waals surface area contributed by atoms with E-state index < -0.39 is 0 Å². The van der Waals surface area contributed by atoms with Crippen molar-refractivity contribution in [1.82, 2.24) is 10.6 Å². The van der Waals surface area contributed by atoms with Crippen molar-refractivity contribution >= 4 is 35.6 Å². The van der Waals surface area contributed by atoms with Crippen LogP contribution in [0.5, 0.6) is 0 Å². The molecule has 1 aliphatic heterocycles. The Morgan fingerprint density at radius 3 is 2.58 bits per heavy atom. The van der Waals surface area contributed by atoms with Gasteiger partial charge in [-0.3, -0.25) is 4.99 Å². The van der Waals surface area contributed by atoms with E-state index in [1.165, 1.54) is 11.3 Å². The number of anilines is 1. The number of aliphatic imine (C=N–C) groups is 1. The van der Waals surface area contributed by atoms with E-state index in [1.807, 2.05) is 7.05 Å². The largest absolute Gasteiger partial charge is 0.378 e. The molecule has 0 spiro atoms. The minimum absolute atomic E-state index is 0. The number of rotatable bonds is 6. The van der Waals surface area contributed by atoms with E-state index in [9.17, 15) is 0 Å². The maximum absolute atomic E-state index is 5.45. The summed E-state index contributed by atoms with van der Waals surface area (Å²) in [7, 11) is 1.82. The highest BCUT2D eigenvalue weighted by atomic mass is 127. The van der Waals surface area contributed by atoms with Crippen molar-refractivity contribution in [2.24, 2.45) is 10.9 Å². The Bertz CT molecular complexity index is 502. The van der Waals surface area contributed by atoms with E-state index in [1.54, 1.807) is 0 Å². The molecule has 0 unspecified atom stereocenters. The molecular weight excluding hydrogens is 415 g/mol. The lowest BCUT2D eigenvalue weighted by atomic mass is 10.1. The number of nitrogens with one attached hydrogen (secondary N) is 2. The molecular formula is C18H31IN4O. The number of ether oxygens (including phenoxy) is 1. The van der Waals surface area contributed by atoms with Crippen LogP contribution in [-0.4, -0.2) is 45.9 Å². The van der Waals surface area contributed by atoms with Gasteiger partial charge in [0, 0.05) is 38.9 Å². The minimum atomic E-state index is 0. The minimum Gasteiger partial charge on any atom is -0.378 e. The van der Waals surface area contributed by atoms with Crippen molar-refractivity contribution in [2.75, 3.05) is 44.8 Å². The van der Waals surface area contributed by atoms with Crippen molar-refractivity contribution in [1.29, 1.82) is 0 Å². The van der Waals surface area contributed by atoms with E-state index in [0.29, 0.717) is 5.92 Å². The summed E-state index contributed by atoms with van der Waals surface area (Å²) in [5, 5.41) is 6.80. The lowest BCUT2D eigenvalue weighted by Crippen LogP contribution is -2.39. The molecule has 1 fully saturated rings. The van der Waals surface area contributed by atoms with Gasteiger partial charge in [0.25, 0.3) is 0 Å². The number of hydrogen-bond acceptors (Lipinski definition) is 3. The van der Waals surface area contributed by atoms with Gasteiger partial charge in [0.2, 0.25) is 0 Å². The molecule has 2 N–H and O–H groups in total. The molecule has 0 amide bonds. The molecule has 1 heterocycles. The van der Waals surface area contributed by atoms with Crippen molar-refractivity contribution < 1.29 is 4.74 Å². The molecule has 0 aromatic heterocycles. The molecule has 1 aromatic rings. The van der Waals surface area contributed by atoms with E-state index in [4.69, 9.17) is 4.74 Å². The van der Waals surface area contributed by atoms with E-state index in [-0.39, 0.29) is 24.0 Å². The molecule has 136 valence electrons. The maximum atomic E-state index is 5.45. The summed E-state index contributed by atoms with van der Waals surface area (Å²) < 4.78 is 5.45. The summed E-state index contributed by atoms with van der Waals surface area (Å²) in [5.41, 5.74) is 2.59. The Kier molecular flexibility index (Phi) is 10.1. The summed E-state index contributed by atoms with van der Waals surface area (Å²) >= 11 is 0. The highest BCUT2D eigenvalue weighted by molar-refractivity contribution is 14.0. The normalized spacial score (nSPS) is 15.2. The second-order valence-corrected chi connectivity index (χ2v) is 6.26. The van der Waals surface area contributed by atoms with Crippen LogP contribution in [0.15, 0.2) is 29.3 Å². The van der Waals surface area contributed by atoms with Crippen LogP contribution in [0, 0.1) is 5.92 Å². The topological polar surface area (TPSA) is 48.9 Å². The first kappa shape index (κ1) is 21.0. The Labute approximate surface area is 163 Å². The number of hydrogen-bond donors (Lipinski definition) is 2. The summed E-state index contributed by atoms with van der Waals surface area (Å²) in [6, 6.07) is 8.57. The maximum Gasteiger partial charge on any atom is 0.191 e. The van der Waals surface area contributed by atoms with Gasteiger partial charge in [-0.05, 0) is 24.0 Å². The fourth-order valence-corrected chi connectivity index (χ4v) is 2.65. The van der Waals surface area contributed by atoms with Gasteiger partial charge < -0.3 is 20.3 Å². The van der Waals surface area contributed by atoms with Gasteiger partial charge in [-0.2, -0.15) is 0 Å². The Morgan fingerprint density at radius 2 is 1.92 bits per heavy atom. The first-order valence-corrected chi connectivity index (χ1v) is 8.56. The smallest absolute Gasteiger partial charge is 0.191 e. The zero-order valence-electron chi connectivity index (χ0n) is 15.0. The Morgan fingerprint density at radius 1 is 1.21 bits per heavy atom. The number of nitrogens with zero attached hydrogens (tertiary/aromatic N) is 2. The van der Waals surface area contributed by atoms with Crippen LogP contribution in [0.25, 0.3) is 0 Å². The standard InChI is InChI=1S/C18H30N4O.HI/c1-15(2)8-9-20-18(19-3)21-14-16-6-4-5-7-17(16)22-10-12-23-13-11-22;/h4-7,15H,8-14H2,1-3H3,(H2,19,20,21);1H. The molecule has 0 bridgehead atoms. The molecule has 0 aliphatic carbocycles. The van der Waals surface area contributed by atoms with Crippen molar-refractivity contribution in [3.63, 3.8) is 0 Å². The lowest BCUT2D eigenvalue weighted by molar-refractivity contribution is 0.122. The van der Waals surface area contributed by atoms with E-state index in [2.05, 4.69) is 58.6 Å². The van der Waals surface area contributed by atoms with Crippen LogP contribution >= 0.6 is 24.0 Å². The quantitative estimate of drug-likeness (QED) is 0.401. The zero-order valence-corrected chi connectivity index (χ0v) is 17.4. The summed E-state index contributed by atoms with van der Waals surface area (Å²) in [6.45, 7) is 9.71. The monoisotopic (exact) mass is 446 g/mol. The van der Waals surface area contributed by atoms with Crippen LogP contribution in [0.1, 0.15) is 25.8 Å². The van der Waals surface area contributed by atoms with Gasteiger partial charge in [0.05, 0.1) is 13.2 Å². The molecule has 0 saturated carbocycles. The third-order valence-electron chi connectivity index (χ3n) is 4.03. The van der Waals surface area contributed by atoms with Crippen LogP contribution < -0.4 is 15.5 Å². The average molecular weight is 446 g/mol. The molecule has 1 saturated heterocycles. The van der Waals surface area contributed by atoms with Crippen molar-refractivity contribution in [3.8, 4) is 0 Å². The summed E-state index contributed by atoms with van der Waals surface area (Å²) in [6.07, 6.45) is 1.14. The Hall–Kier alpha value is -1.02. The highest BCUT2D eigenvalue weighted by Gasteiger charge is 2.14. The second kappa shape index (κ2) is 11.5. The van der Waals surface area contributed by atoms with Crippen LogP contribution in [0.3, 0.4) is 0 Å². The first-order valence-electron chi connectivity index (χ1n) is 8.56. The van der Waals surface area contributed by atoms with E-state index in [0.717, 1.165) is 51.8 Å². The van der Waals surface area contributed by atoms with Gasteiger partial charge in [-0.1, -0.05) is 32.0 Å². The summed E-state index contributed by atoms with van der Waals surface area (Å²) in [5.74, 6) is 1.56. The zero-order chi connectivity index (χ0) is 16.5. The lowest BCUT2D eigenvalue weighted by Gasteiger charge is -2.30. The number of morpholine rings is 1. The van der Waals surface area contributed by atoms with Gasteiger partial charge in [-0.15, -0.1) is 24.0 Å². The third-order valence-corrected chi connectivity index (χ3v) is 4.03. The van der Waals surface area contributed by atoms with Gasteiger partial charge in [0.15, 0.2) is 5.96 Å². The van der Waals surface area contributed by atoms with Crippen molar-refractivity contribution in [2.45, 2.75) is 26.8 Å². The fraction of sp³-hybridized carbons (Fsp3) is 0.611. The predicted octanol–water partition coefficient (Wildman–Crippen LogP) is 2.85. The number of guanidine groups is 1. The fourth-order valence-electron chi connectivity index (χ4n) is 2.65. The SMILES string of the molecule is CN=C(NCCC(C)C)NCc1ccccc1N1CCOCC1.I. The molecule has 0 radical (unpaired) electrons. The van der Waals surface area contributed by atoms with E-state index >= 15 is 0 Å². The summed E-state index contributed by atoms with van der Waals surface area (Å²) in [4.78, 5) is 6.70. The predicted molar refractivity (Wildman–Crippen MR) is 113 cm³/mol. The van der Waals surface area contributed by atoms with Gasteiger partial charge in [0.1, 0.15) is 0 Å². The molecule has 2 rings (SSSR count). The molecule has 24 heavy (non-hydrogen) atoms. The number of benzene rings is 1. The van der Waals surface area contributed by atoms with Crippen molar-refractivity contribution in [3.05, 3.63) is 29.8 Å². The molecule has 5 nitrogen and oxygen atoms in total. The highest BCUT2D eigenvalue weighted by Crippen LogP contribution is 2.21. The number of halogens is 1. The van der Waals surface area contributed by atoms with Crippen LogP contribution in [-0.2, 0) is 11.3 Å².